The second kappa shape index (κ2) is 5.55. The van der Waals surface area contributed by atoms with Crippen LogP contribution in [0.3, 0.4) is 0 Å². The van der Waals surface area contributed by atoms with Crippen LogP contribution in [0.2, 0.25) is 0 Å². The van der Waals surface area contributed by atoms with Crippen molar-refractivity contribution in [3.63, 3.8) is 0 Å². The Balaban J connectivity index is 1.88. The predicted octanol–water partition coefficient (Wildman–Crippen LogP) is 2.78. The number of anilines is 2. The molecule has 0 saturated carbocycles. The number of benzene rings is 1. The summed E-state index contributed by atoms with van der Waals surface area (Å²) in [6.07, 6.45) is 0. The maximum absolute atomic E-state index is 5.85. The number of hydrogen-bond acceptors (Lipinski definition) is 6. The third-order valence-corrected chi connectivity index (χ3v) is 4.65. The molecule has 1 aliphatic heterocycles. The lowest BCUT2D eigenvalue weighted by atomic mass is 10.2. The zero-order chi connectivity index (χ0) is 14.9. The lowest BCUT2D eigenvalue weighted by Gasteiger charge is -2.28. The highest BCUT2D eigenvalue weighted by molar-refractivity contribution is 7.19. The number of rotatable bonds is 2. The number of morpholine rings is 1. The van der Waals surface area contributed by atoms with E-state index < -0.39 is 0 Å². The molecule has 3 heterocycles. The van der Waals surface area contributed by atoms with Crippen molar-refractivity contribution in [3.8, 4) is 10.7 Å². The molecule has 0 atom stereocenters. The molecule has 1 fully saturated rings. The van der Waals surface area contributed by atoms with Crippen LogP contribution in [0, 0.1) is 0 Å². The summed E-state index contributed by atoms with van der Waals surface area (Å²) in [5, 5.41) is 1.86. The molecule has 4 rings (SSSR count). The zero-order valence-corrected chi connectivity index (χ0v) is 12.8. The van der Waals surface area contributed by atoms with E-state index in [0.29, 0.717) is 0 Å². The molecule has 5 nitrogen and oxygen atoms in total. The fourth-order valence-corrected chi connectivity index (χ4v) is 3.37. The van der Waals surface area contributed by atoms with Crippen LogP contribution < -0.4 is 10.6 Å². The van der Waals surface area contributed by atoms with Crippen molar-refractivity contribution in [2.45, 2.75) is 0 Å². The Morgan fingerprint density at radius 1 is 1.05 bits per heavy atom. The Kier molecular flexibility index (Phi) is 3.40. The Morgan fingerprint density at radius 2 is 1.86 bits per heavy atom. The maximum atomic E-state index is 5.85. The fraction of sp³-hybridized carbons (Fsp3) is 0.250. The Morgan fingerprint density at radius 3 is 2.64 bits per heavy atom. The van der Waals surface area contributed by atoms with Gasteiger partial charge in [0.05, 0.1) is 28.6 Å². The van der Waals surface area contributed by atoms with Crippen molar-refractivity contribution in [2.24, 2.45) is 0 Å². The zero-order valence-electron chi connectivity index (χ0n) is 12.0. The molecule has 3 aromatic rings. The molecule has 6 heteroatoms. The molecule has 0 spiro atoms. The van der Waals surface area contributed by atoms with Crippen molar-refractivity contribution in [1.82, 2.24) is 9.97 Å². The number of nitrogen functional groups attached to an aromatic ring is 1. The molecule has 1 aliphatic rings. The van der Waals surface area contributed by atoms with E-state index in [4.69, 9.17) is 20.4 Å². The van der Waals surface area contributed by atoms with E-state index in [1.54, 1.807) is 0 Å². The Hall–Kier alpha value is -2.18. The molecule has 1 aromatic carbocycles. The van der Waals surface area contributed by atoms with Crippen molar-refractivity contribution < 1.29 is 4.74 Å². The highest BCUT2D eigenvalue weighted by Gasteiger charge is 2.18. The number of thiophene rings is 1. The smallest absolute Gasteiger partial charge is 0.172 e. The van der Waals surface area contributed by atoms with Crippen molar-refractivity contribution >= 4 is 33.1 Å². The van der Waals surface area contributed by atoms with Gasteiger partial charge in [0.15, 0.2) is 5.82 Å². The van der Waals surface area contributed by atoms with Gasteiger partial charge in [-0.2, -0.15) is 0 Å². The lowest BCUT2D eigenvalue weighted by molar-refractivity contribution is 0.122. The van der Waals surface area contributed by atoms with Gasteiger partial charge in [-0.3, -0.25) is 0 Å². The van der Waals surface area contributed by atoms with Gasteiger partial charge >= 0.3 is 0 Å². The van der Waals surface area contributed by atoms with E-state index in [1.807, 2.05) is 30.3 Å². The van der Waals surface area contributed by atoms with Gasteiger partial charge in [-0.05, 0) is 24.3 Å². The number of nitrogens with two attached hydrogens (primary N) is 1. The molecular weight excluding hydrogens is 296 g/mol. The number of aromatic nitrogens is 2. The maximum Gasteiger partial charge on any atom is 0.172 e. The second-order valence-electron chi connectivity index (χ2n) is 5.19. The van der Waals surface area contributed by atoms with E-state index >= 15 is 0 Å². The summed E-state index contributed by atoms with van der Waals surface area (Å²) in [7, 11) is 0. The third-order valence-electron chi connectivity index (χ3n) is 3.74. The summed E-state index contributed by atoms with van der Waals surface area (Å²) >= 11 is 1.51. The van der Waals surface area contributed by atoms with Crippen LogP contribution in [0.4, 0.5) is 10.8 Å². The molecule has 0 amide bonds. The number of para-hydroxylation sites is 1. The lowest BCUT2D eigenvalue weighted by Crippen LogP contribution is -2.37. The van der Waals surface area contributed by atoms with E-state index in [9.17, 15) is 0 Å². The minimum absolute atomic E-state index is 0.736. The summed E-state index contributed by atoms with van der Waals surface area (Å²) in [6.45, 7) is 3.18. The summed E-state index contributed by atoms with van der Waals surface area (Å²) < 4.78 is 5.45. The molecule has 0 radical (unpaired) electrons. The largest absolute Gasteiger partial charge is 0.391 e. The standard InChI is InChI=1S/C16H16N4OS/c17-14-6-5-13(22-14)15-18-12-4-2-1-3-11(12)16(19-15)20-7-9-21-10-8-20/h1-6H,7-10,17H2. The molecule has 2 aromatic heterocycles. The highest BCUT2D eigenvalue weighted by Crippen LogP contribution is 2.32. The van der Waals surface area contributed by atoms with E-state index in [2.05, 4.69) is 11.0 Å². The van der Waals surface area contributed by atoms with E-state index in [1.165, 1.54) is 11.3 Å². The fourth-order valence-electron chi connectivity index (χ4n) is 2.66. The Labute approximate surface area is 132 Å². The normalized spacial score (nSPS) is 15.4. The first-order chi connectivity index (χ1) is 10.8. The molecule has 0 aliphatic carbocycles. The van der Waals surface area contributed by atoms with Gasteiger partial charge in [0.25, 0.3) is 0 Å². The van der Waals surface area contributed by atoms with Crippen LogP contribution in [0.5, 0.6) is 0 Å². The minimum atomic E-state index is 0.736. The molecule has 112 valence electrons. The van der Waals surface area contributed by atoms with Gasteiger partial charge in [-0.1, -0.05) is 12.1 Å². The minimum Gasteiger partial charge on any atom is -0.391 e. The van der Waals surface area contributed by atoms with Gasteiger partial charge in [0.2, 0.25) is 0 Å². The monoisotopic (exact) mass is 312 g/mol. The molecule has 2 N–H and O–H groups in total. The van der Waals surface area contributed by atoms with Crippen LogP contribution in [0.15, 0.2) is 36.4 Å². The topological polar surface area (TPSA) is 64.3 Å². The highest BCUT2D eigenvalue weighted by atomic mass is 32.1. The quantitative estimate of drug-likeness (QED) is 0.788. The first-order valence-electron chi connectivity index (χ1n) is 7.26. The van der Waals surface area contributed by atoms with Gasteiger partial charge in [0, 0.05) is 18.5 Å². The number of nitrogens with zero attached hydrogens (tertiary/aromatic N) is 3. The number of fused-ring (bicyclic) bond motifs is 1. The first-order valence-corrected chi connectivity index (χ1v) is 8.08. The van der Waals surface area contributed by atoms with E-state index in [-0.39, 0.29) is 0 Å². The second-order valence-corrected chi connectivity index (χ2v) is 6.30. The molecule has 22 heavy (non-hydrogen) atoms. The van der Waals surface area contributed by atoms with Crippen LogP contribution in [-0.2, 0) is 4.74 Å². The Bertz CT molecular complexity index is 811. The molecular formula is C16H16N4OS. The predicted molar refractivity (Wildman–Crippen MR) is 90.3 cm³/mol. The van der Waals surface area contributed by atoms with Crippen LogP contribution in [0.1, 0.15) is 0 Å². The summed E-state index contributed by atoms with van der Waals surface area (Å²) in [6, 6.07) is 12.0. The molecule has 1 saturated heterocycles. The van der Waals surface area contributed by atoms with Crippen LogP contribution in [0.25, 0.3) is 21.6 Å². The van der Waals surface area contributed by atoms with Crippen LogP contribution >= 0.6 is 11.3 Å². The van der Waals surface area contributed by atoms with Crippen LogP contribution in [-0.4, -0.2) is 36.3 Å². The molecule has 0 bridgehead atoms. The summed E-state index contributed by atoms with van der Waals surface area (Å²) in [5.74, 6) is 1.72. The molecule has 0 unspecified atom stereocenters. The van der Waals surface area contributed by atoms with Crippen molar-refractivity contribution in [2.75, 3.05) is 36.9 Å². The average molecular weight is 312 g/mol. The van der Waals surface area contributed by atoms with Gasteiger partial charge in [-0.15, -0.1) is 11.3 Å². The van der Waals surface area contributed by atoms with Gasteiger partial charge in [0.1, 0.15) is 5.82 Å². The SMILES string of the molecule is Nc1ccc(-c2nc(N3CCOCC3)c3ccccc3n2)s1. The van der Waals surface area contributed by atoms with E-state index in [0.717, 1.165) is 58.7 Å². The number of ether oxygens (including phenoxy) is 1. The summed E-state index contributed by atoms with van der Waals surface area (Å²) in [5.41, 5.74) is 6.80. The summed E-state index contributed by atoms with van der Waals surface area (Å²) in [4.78, 5) is 12.8. The third kappa shape index (κ3) is 2.40. The van der Waals surface area contributed by atoms with Crippen molar-refractivity contribution in [3.05, 3.63) is 36.4 Å². The average Bonchev–Trinajstić information content (AvgIpc) is 3.01. The van der Waals surface area contributed by atoms with Crippen molar-refractivity contribution in [1.29, 1.82) is 0 Å². The number of hydrogen-bond donors (Lipinski definition) is 1. The van der Waals surface area contributed by atoms with Gasteiger partial charge in [-0.25, -0.2) is 9.97 Å². The first kappa shape index (κ1) is 13.5. The van der Waals surface area contributed by atoms with Gasteiger partial charge < -0.3 is 15.4 Å².